The number of morpholine rings is 1. The van der Waals surface area contributed by atoms with Crippen molar-refractivity contribution in [1.29, 1.82) is 0 Å². The van der Waals surface area contributed by atoms with Crippen LogP contribution in [0.3, 0.4) is 0 Å². The first kappa shape index (κ1) is 23.2. The van der Waals surface area contributed by atoms with Crippen molar-refractivity contribution >= 4 is 23.2 Å². The number of ether oxygens (including phenoxy) is 1. The number of aliphatic imine (C=N–C) groups is 1. The Labute approximate surface area is 189 Å². The van der Waals surface area contributed by atoms with Crippen LogP contribution in [0.5, 0.6) is 0 Å². The van der Waals surface area contributed by atoms with E-state index in [0.717, 1.165) is 26.3 Å². The molecule has 3 rings (SSSR count). The number of amides is 1. The van der Waals surface area contributed by atoms with Crippen molar-refractivity contribution in [3.05, 3.63) is 58.3 Å². The van der Waals surface area contributed by atoms with Crippen molar-refractivity contribution in [3.63, 3.8) is 0 Å². The first-order valence-electron chi connectivity index (χ1n) is 10.7. The number of benzene rings is 1. The van der Waals surface area contributed by atoms with Crippen molar-refractivity contribution in [2.24, 2.45) is 4.99 Å². The largest absolute Gasteiger partial charge is 0.379 e. The van der Waals surface area contributed by atoms with Crippen LogP contribution in [-0.2, 0) is 9.53 Å². The third kappa shape index (κ3) is 7.05. The van der Waals surface area contributed by atoms with Crippen LogP contribution in [0.1, 0.15) is 29.4 Å². The van der Waals surface area contributed by atoms with Crippen LogP contribution in [0.25, 0.3) is 0 Å². The van der Waals surface area contributed by atoms with Gasteiger partial charge < -0.3 is 20.3 Å². The van der Waals surface area contributed by atoms with Crippen molar-refractivity contribution in [1.82, 2.24) is 20.4 Å². The number of hydrogen-bond acceptors (Lipinski definition) is 5. The van der Waals surface area contributed by atoms with Gasteiger partial charge in [-0.3, -0.25) is 9.69 Å². The summed E-state index contributed by atoms with van der Waals surface area (Å²) in [4.78, 5) is 22.0. The summed E-state index contributed by atoms with van der Waals surface area (Å²) in [7, 11) is 3.49. The van der Waals surface area contributed by atoms with Crippen molar-refractivity contribution in [2.75, 3.05) is 53.5 Å². The van der Waals surface area contributed by atoms with Crippen molar-refractivity contribution in [3.8, 4) is 0 Å². The number of hydrogen-bond donors (Lipinski definition) is 2. The molecule has 1 amide bonds. The molecule has 0 saturated carbocycles. The minimum absolute atomic E-state index is 0.0311. The maximum Gasteiger partial charge on any atom is 0.243 e. The lowest BCUT2D eigenvalue weighted by atomic mass is 10.1. The third-order valence-electron chi connectivity index (χ3n) is 5.34. The van der Waals surface area contributed by atoms with Gasteiger partial charge in [-0.2, -0.15) is 0 Å². The van der Waals surface area contributed by atoms with Crippen LogP contribution in [0.15, 0.2) is 52.8 Å². The van der Waals surface area contributed by atoms with E-state index in [9.17, 15) is 4.79 Å². The summed E-state index contributed by atoms with van der Waals surface area (Å²) >= 11 is 1.77. The molecular weight excluding hydrogens is 410 g/mol. The van der Waals surface area contributed by atoms with Gasteiger partial charge in [-0.15, -0.1) is 11.3 Å². The molecule has 2 atom stereocenters. The first-order valence-corrected chi connectivity index (χ1v) is 11.6. The zero-order valence-electron chi connectivity index (χ0n) is 18.6. The first-order chi connectivity index (χ1) is 15.0. The van der Waals surface area contributed by atoms with Gasteiger partial charge in [0, 0.05) is 38.6 Å². The average Bonchev–Trinajstić information content (AvgIpc) is 3.33. The maximum absolute atomic E-state index is 12.1. The second kappa shape index (κ2) is 11.8. The van der Waals surface area contributed by atoms with Crippen LogP contribution in [0, 0.1) is 0 Å². The molecule has 2 N–H and O–H groups in total. The minimum atomic E-state index is -0.0311. The molecule has 1 fully saturated rings. The van der Waals surface area contributed by atoms with E-state index in [2.05, 4.69) is 57.1 Å². The Morgan fingerprint density at radius 1 is 1.19 bits per heavy atom. The molecule has 8 heteroatoms. The summed E-state index contributed by atoms with van der Waals surface area (Å²) in [6, 6.07) is 14.8. The topological polar surface area (TPSA) is 69.2 Å². The summed E-state index contributed by atoms with van der Waals surface area (Å²) in [6.07, 6.45) is 0. The van der Waals surface area contributed by atoms with Crippen molar-refractivity contribution in [2.45, 2.75) is 19.0 Å². The van der Waals surface area contributed by atoms with Crippen LogP contribution in [0.2, 0.25) is 0 Å². The van der Waals surface area contributed by atoms with E-state index in [1.165, 1.54) is 10.4 Å². The summed E-state index contributed by atoms with van der Waals surface area (Å²) in [6.45, 7) is 6.22. The van der Waals surface area contributed by atoms with Gasteiger partial charge in [-0.25, -0.2) is 4.99 Å². The molecule has 168 valence electrons. The van der Waals surface area contributed by atoms with Gasteiger partial charge in [-0.05, 0) is 23.9 Å². The molecule has 1 aliphatic rings. The Balaban J connectivity index is 1.72. The van der Waals surface area contributed by atoms with Gasteiger partial charge in [0.25, 0.3) is 0 Å². The highest BCUT2D eigenvalue weighted by molar-refractivity contribution is 7.10. The number of carbonyl (C=O) groups excluding carboxylic acids is 1. The van der Waals surface area contributed by atoms with E-state index in [1.807, 2.05) is 18.2 Å². The minimum Gasteiger partial charge on any atom is -0.379 e. The molecule has 1 aliphatic heterocycles. The van der Waals surface area contributed by atoms with E-state index in [1.54, 1.807) is 30.3 Å². The van der Waals surface area contributed by atoms with Gasteiger partial charge >= 0.3 is 0 Å². The van der Waals surface area contributed by atoms with Crippen LogP contribution in [-0.4, -0.2) is 75.2 Å². The molecule has 0 radical (unpaired) electrons. The van der Waals surface area contributed by atoms with Gasteiger partial charge in [0.2, 0.25) is 5.91 Å². The molecule has 1 saturated heterocycles. The lowest BCUT2D eigenvalue weighted by molar-refractivity contribution is -0.127. The number of thiophene rings is 1. The Hall–Kier alpha value is -2.42. The van der Waals surface area contributed by atoms with E-state index < -0.39 is 0 Å². The van der Waals surface area contributed by atoms with Crippen LogP contribution >= 0.6 is 11.3 Å². The van der Waals surface area contributed by atoms with Gasteiger partial charge in [-0.1, -0.05) is 36.4 Å². The number of nitrogens with one attached hydrogen (secondary N) is 2. The fourth-order valence-corrected chi connectivity index (χ4v) is 4.30. The molecule has 1 aromatic carbocycles. The highest BCUT2D eigenvalue weighted by Crippen LogP contribution is 2.25. The molecule has 2 unspecified atom stereocenters. The van der Waals surface area contributed by atoms with E-state index >= 15 is 0 Å². The Bertz CT molecular complexity index is 820. The number of guanidine groups is 1. The quantitative estimate of drug-likeness (QED) is 0.485. The predicted octanol–water partition coefficient (Wildman–Crippen LogP) is 2.51. The van der Waals surface area contributed by atoms with Gasteiger partial charge in [0.05, 0.1) is 25.3 Å². The monoisotopic (exact) mass is 443 g/mol. The standard InChI is InChI=1S/C23H33N5O2S/c1-18(19-8-5-4-6-9-19)26-23(25-17-22(29)27(2)3)24-16-20(21-10-7-15-31-21)28-11-13-30-14-12-28/h4-10,15,18,20H,11-14,16-17H2,1-3H3,(H2,24,25,26). The van der Waals surface area contributed by atoms with E-state index in [-0.39, 0.29) is 24.5 Å². The maximum atomic E-state index is 12.1. The molecule has 1 aromatic heterocycles. The number of rotatable bonds is 8. The lowest BCUT2D eigenvalue weighted by Gasteiger charge is -2.34. The summed E-state index contributed by atoms with van der Waals surface area (Å²) in [5, 5.41) is 9.07. The SMILES string of the molecule is CC(NC(=NCC(=O)N(C)C)NCC(c1cccs1)N1CCOCC1)c1ccccc1. The second-order valence-corrected chi connectivity index (χ2v) is 8.77. The van der Waals surface area contributed by atoms with E-state index in [0.29, 0.717) is 12.5 Å². The predicted molar refractivity (Wildman–Crippen MR) is 126 cm³/mol. The Kier molecular flexibility index (Phi) is 8.87. The number of nitrogens with zero attached hydrogens (tertiary/aromatic N) is 3. The summed E-state index contributed by atoms with van der Waals surface area (Å²) in [5.74, 6) is 0.609. The zero-order valence-corrected chi connectivity index (χ0v) is 19.4. The Morgan fingerprint density at radius 2 is 1.94 bits per heavy atom. The molecule has 0 bridgehead atoms. The second-order valence-electron chi connectivity index (χ2n) is 7.79. The average molecular weight is 444 g/mol. The molecule has 0 aliphatic carbocycles. The number of likely N-dealkylation sites (N-methyl/N-ethyl adjacent to an activating group) is 1. The summed E-state index contributed by atoms with van der Waals surface area (Å²) in [5.41, 5.74) is 1.17. The van der Waals surface area contributed by atoms with E-state index in [4.69, 9.17) is 4.74 Å². The Morgan fingerprint density at radius 3 is 2.58 bits per heavy atom. The fraction of sp³-hybridized carbons (Fsp3) is 0.478. The van der Waals surface area contributed by atoms with Gasteiger partial charge in [0.1, 0.15) is 6.54 Å². The molecule has 2 heterocycles. The molecule has 2 aromatic rings. The van der Waals surface area contributed by atoms with Gasteiger partial charge in [0.15, 0.2) is 5.96 Å². The fourth-order valence-electron chi connectivity index (χ4n) is 3.44. The molecule has 31 heavy (non-hydrogen) atoms. The normalized spacial score (nSPS) is 17.1. The lowest BCUT2D eigenvalue weighted by Crippen LogP contribution is -2.46. The summed E-state index contributed by atoms with van der Waals surface area (Å²) < 4.78 is 5.54. The number of carbonyl (C=O) groups is 1. The van der Waals surface area contributed by atoms with Crippen molar-refractivity contribution < 1.29 is 9.53 Å². The molecular formula is C23H33N5O2S. The highest BCUT2D eigenvalue weighted by atomic mass is 32.1. The highest BCUT2D eigenvalue weighted by Gasteiger charge is 2.24. The third-order valence-corrected chi connectivity index (χ3v) is 6.32. The van der Waals surface area contributed by atoms with Crippen LogP contribution in [0.4, 0.5) is 0 Å². The van der Waals surface area contributed by atoms with Crippen LogP contribution < -0.4 is 10.6 Å². The molecule has 7 nitrogen and oxygen atoms in total. The zero-order chi connectivity index (χ0) is 22.1. The molecule has 0 spiro atoms. The smallest absolute Gasteiger partial charge is 0.243 e.